The Labute approximate surface area is 166 Å². The predicted molar refractivity (Wildman–Crippen MR) is 104 cm³/mol. The third-order valence-corrected chi connectivity index (χ3v) is 5.10. The number of rotatable bonds is 3. The summed E-state index contributed by atoms with van der Waals surface area (Å²) in [5, 5.41) is 7.61. The van der Waals surface area contributed by atoms with Crippen LogP contribution in [0.2, 0.25) is 10.0 Å². The number of amides is 2. The summed E-state index contributed by atoms with van der Waals surface area (Å²) < 4.78 is 5.45. The fourth-order valence-corrected chi connectivity index (χ4v) is 3.63. The van der Waals surface area contributed by atoms with Crippen molar-refractivity contribution in [2.24, 2.45) is 0 Å². The molecule has 4 rings (SSSR count). The maximum absolute atomic E-state index is 12.8. The quantitative estimate of drug-likeness (QED) is 0.635. The number of likely N-dealkylation sites (tertiary alicyclic amines) is 1. The molecule has 1 fully saturated rings. The number of para-hydroxylation sites is 1. The van der Waals surface area contributed by atoms with Crippen LogP contribution in [0.3, 0.4) is 0 Å². The number of carbonyl (C=O) groups excluding carboxylic acids is 1. The topological polar surface area (TPSA) is 71.3 Å². The Morgan fingerprint density at radius 3 is 2.59 bits per heavy atom. The Balaban J connectivity index is 1.54. The summed E-state index contributed by atoms with van der Waals surface area (Å²) in [7, 11) is 0. The van der Waals surface area contributed by atoms with Gasteiger partial charge < -0.3 is 14.7 Å². The van der Waals surface area contributed by atoms with Crippen LogP contribution in [-0.4, -0.2) is 27.6 Å². The Morgan fingerprint density at radius 2 is 1.85 bits per heavy atom. The molecule has 27 heavy (non-hydrogen) atoms. The molecule has 138 valence electrons. The molecule has 3 aromatic rings. The number of halogens is 2. The molecular formula is C19H16Cl2N4O2. The molecule has 8 heteroatoms. The molecule has 0 bridgehead atoms. The zero-order valence-electron chi connectivity index (χ0n) is 14.2. The van der Waals surface area contributed by atoms with E-state index in [1.165, 1.54) is 0 Å². The highest BCUT2D eigenvalue weighted by Crippen LogP contribution is 2.34. The minimum Gasteiger partial charge on any atom is -0.337 e. The number of anilines is 1. The number of hydrogen-bond donors (Lipinski definition) is 1. The Kier molecular flexibility index (Phi) is 5.01. The minimum absolute atomic E-state index is 0.281. The van der Waals surface area contributed by atoms with Crippen LogP contribution in [0.1, 0.15) is 24.8 Å². The lowest BCUT2D eigenvalue weighted by Crippen LogP contribution is -2.34. The van der Waals surface area contributed by atoms with Crippen LogP contribution in [-0.2, 0) is 0 Å². The number of nitrogens with one attached hydrogen (secondary N) is 1. The molecule has 1 aliphatic heterocycles. The molecule has 6 nitrogen and oxygen atoms in total. The maximum atomic E-state index is 12.8. The molecule has 0 radical (unpaired) electrons. The van der Waals surface area contributed by atoms with Gasteiger partial charge in [-0.2, -0.15) is 4.98 Å². The summed E-state index contributed by atoms with van der Waals surface area (Å²) in [6, 6.07) is 14.1. The van der Waals surface area contributed by atoms with Gasteiger partial charge in [0.15, 0.2) is 0 Å². The molecule has 2 aromatic carbocycles. The normalized spacial score (nSPS) is 16.5. The van der Waals surface area contributed by atoms with Crippen LogP contribution in [0.4, 0.5) is 10.5 Å². The molecule has 1 aliphatic rings. The van der Waals surface area contributed by atoms with E-state index in [9.17, 15) is 4.79 Å². The van der Waals surface area contributed by atoms with Crippen LogP contribution < -0.4 is 5.32 Å². The third-order valence-electron chi connectivity index (χ3n) is 4.47. The highest BCUT2D eigenvalue weighted by atomic mass is 35.5. The Hall–Kier alpha value is -2.57. The summed E-state index contributed by atoms with van der Waals surface area (Å²) in [5.74, 6) is 0.929. The van der Waals surface area contributed by atoms with Gasteiger partial charge in [0.2, 0.25) is 11.7 Å². The second kappa shape index (κ2) is 7.58. The standard InChI is InChI=1S/C19H16Cl2N4O2/c20-13-8-4-9-14(21)16(13)22-19(26)25-11-5-10-15(25)18-23-17(24-27-18)12-6-2-1-3-7-12/h1-4,6-9,15H,5,10-11H2,(H,22,26)/t15-/m1/s1. The van der Waals surface area contributed by atoms with Crippen molar-refractivity contribution in [1.29, 1.82) is 0 Å². The maximum Gasteiger partial charge on any atom is 0.322 e. The summed E-state index contributed by atoms with van der Waals surface area (Å²) in [4.78, 5) is 18.9. The van der Waals surface area contributed by atoms with Crippen molar-refractivity contribution < 1.29 is 9.32 Å². The van der Waals surface area contributed by atoms with Crippen molar-refractivity contribution in [2.75, 3.05) is 11.9 Å². The second-order valence-electron chi connectivity index (χ2n) is 6.20. The molecular weight excluding hydrogens is 387 g/mol. The highest BCUT2D eigenvalue weighted by Gasteiger charge is 2.34. The van der Waals surface area contributed by atoms with Crippen molar-refractivity contribution in [3.05, 3.63) is 64.5 Å². The molecule has 1 N–H and O–H groups in total. The molecule has 1 aromatic heterocycles. The van der Waals surface area contributed by atoms with Gasteiger partial charge in [-0.25, -0.2) is 4.79 Å². The molecule has 2 heterocycles. The van der Waals surface area contributed by atoms with Crippen molar-refractivity contribution >= 4 is 34.9 Å². The number of carbonyl (C=O) groups is 1. The van der Waals surface area contributed by atoms with Gasteiger partial charge in [0.05, 0.1) is 15.7 Å². The predicted octanol–water partition coefficient (Wildman–Crippen LogP) is 5.41. The number of hydrogen-bond acceptors (Lipinski definition) is 4. The fourth-order valence-electron chi connectivity index (χ4n) is 3.14. The smallest absolute Gasteiger partial charge is 0.322 e. The molecule has 1 saturated heterocycles. The second-order valence-corrected chi connectivity index (χ2v) is 7.01. The van der Waals surface area contributed by atoms with Crippen LogP contribution in [0.25, 0.3) is 11.4 Å². The Morgan fingerprint density at radius 1 is 1.11 bits per heavy atom. The number of urea groups is 1. The molecule has 1 atom stereocenters. The van der Waals surface area contributed by atoms with Gasteiger partial charge in [-0.15, -0.1) is 0 Å². The molecule has 0 spiro atoms. The first-order chi connectivity index (χ1) is 13.1. The average Bonchev–Trinajstić information content (AvgIpc) is 3.34. The van der Waals surface area contributed by atoms with Crippen LogP contribution in [0.15, 0.2) is 53.1 Å². The molecule has 0 unspecified atom stereocenters. The lowest BCUT2D eigenvalue weighted by atomic mass is 10.2. The van der Waals surface area contributed by atoms with Crippen LogP contribution >= 0.6 is 23.2 Å². The van der Waals surface area contributed by atoms with Gasteiger partial charge in [0.1, 0.15) is 6.04 Å². The average molecular weight is 403 g/mol. The van der Waals surface area contributed by atoms with Crippen LogP contribution in [0.5, 0.6) is 0 Å². The van der Waals surface area contributed by atoms with E-state index in [-0.39, 0.29) is 12.1 Å². The number of benzene rings is 2. The first-order valence-electron chi connectivity index (χ1n) is 8.54. The summed E-state index contributed by atoms with van der Waals surface area (Å²) in [6.07, 6.45) is 1.59. The van der Waals surface area contributed by atoms with E-state index in [4.69, 9.17) is 27.7 Å². The first-order valence-corrected chi connectivity index (χ1v) is 9.30. The van der Waals surface area contributed by atoms with Crippen molar-refractivity contribution in [1.82, 2.24) is 15.0 Å². The van der Waals surface area contributed by atoms with E-state index in [1.54, 1.807) is 23.1 Å². The van der Waals surface area contributed by atoms with E-state index in [2.05, 4.69) is 15.5 Å². The van der Waals surface area contributed by atoms with Crippen molar-refractivity contribution in [3.8, 4) is 11.4 Å². The van der Waals surface area contributed by atoms with Gasteiger partial charge >= 0.3 is 6.03 Å². The summed E-state index contributed by atoms with van der Waals surface area (Å²) in [6.45, 7) is 0.585. The van der Waals surface area contributed by atoms with Crippen molar-refractivity contribution in [3.63, 3.8) is 0 Å². The van der Waals surface area contributed by atoms with Crippen molar-refractivity contribution in [2.45, 2.75) is 18.9 Å². The Bertz CT molecular complexity index is 941. The number of nitrogens with zero attached hydrogens (tertiary/aromatic N) is 3. The van der Waals surface area contributed by atoms with Gasteiger partial charge in [0, 0.05) is 12.1 Å². The molecule has 2 amide bonds. The summed E-state index contributed by atoms with van der Waals surface area (Å²) in [5.41, 5.74) is 1.26. The van der Waals surface area contributed by atoms with E-state index >= 15 is 0 Å². The monoisotopic (exact) mass is 402 g/mol. The zero-order chi connectivity index (χ0) is 18.8. The lowest BCUT2D eigenvalue weighted by molar-refractivity contribution is 0.193. The van der Waals surface area contributed by atoms with E-state index in [0.29, 0.717) is 34.0 Å². The lowest BCUT2D eigenvalue weighted by Gasteiger charge is -2.22. The zero-order valence-corrected chi connectivity index (χ0v) is 15.7. The molecule has 0 saturated carbocycles. The van der Waals surface area contributed by atoms with Gasteiger partial charge in [-0.1, -0.05) is 64.8 Å². The van der Waals surface area contributed by atoms with Gasteiger partial charge in [0.25, 0.3) is 0 Å². The minimum atomic E-state index is -0.299. The van der Waals surface area contributed by atoms with E-state index in [1.807, 2.05) is 30.3 Å². The number of aromatic nitrogens is 2. The van der Waals surface area contributed by atoms with Gasteiger partial charge in [-0.05, 0) is 25.0 Å². The third kappa shape index (κ3) is 3.63. The van der Waals surface area contributed by atoms with Gasteiger partial charge in [-0.3, -0.25) is 0 Å². The summed E-state index contributed by atoms with van der Waals surface area (Å²) >= 11 is 12.3. The van der Waals surface area contributed by atoms with Crippen LogP contribution in [0, 0.1) is 0 Å². The fraction of sp³-hybridized carbons (Fsp3) is 0.211. The van der Waals surface area contributed by atoms with E-state index in [0.717, 1.165) is 18.4 Å². The van der Waals surface area contributed by atoms with E-state index < -0.39 is 0 Å². The first kappa shape index (κ1) is 17.8. The molecule has 0 aliphatic carbocycles. The SMILES string of the molecule is O=C(Nc1c(Cl)cccc1Cl)N1CCC[C@@H]1c1nc(-c2ccccc2)no1. The highest BCUT2D eigenvalue weighted by molar-refractivity contribution is 6.39. The largest absolute Gasteiger partial charge is 0.337 e.